The van der Waals surface area contributed by atoms with E-state index in [4.69, 9.17) is 4.74 Å². The smallest absolute Gasteiger partial charge is 0.379 e. The van der Waals surface area contributed by atoms with Gasteiger partial charge in [-0.1, -0.05) is 6.07 Å². The third-order valence-corrected chi connectivity index (χ3v) is 4.35. The highest BCUT2D eigenvalue weighted by Gasteiger charge is 2.22. The summed E-state index contributed by atoms with van der Waals surface area (Å²) in [7, 11) is 0. The van der Waals surface area contributed by atoms with Crippen LogP contribution in [-0.4, -0.2) is 37.6 Å². The lowest BCUT2D eigenvalue weighted by atomic mass is 10.3. The molecule has 9 heteroatoms. The maximum Gasteiger partial charge on any atom is 0.379 e. The minimum atomic E-state index is -0.949. The molecule has 25 heavy (non-hydrogen) atoms. The first-order valence-electron chi connectivity index (χ1n) is 7.66. The molecular formula is C16H17N5O3S. The van der Waals surface area contributed by atoms with Crippen molar-refractivity contribution in [3.05, 3.63) is 45.7 Å². The predicted octanol–water partition coefficient (Wildman–Crippen LogP) is 1.66. The second-order valence-corrected chi connectivity index (χ2v) is 6.56. The number of esters is 1. The summed E-state index contributed by atoms with van der Waals surface area (Å²) in [6.07, 6.45) is -0.949. The fraction of sp³-hybridized carbons (Fsp3) is 0.312. The first-order chi connectivity index (χ1) is 11.9. The van der Waals surface area contributed by atoms with Crippen molar-refractivity contribution in [1.82, 2.24) is 24.9 Å². The van der Waals surface area contributed by atoms with Crippen LogP contribution >= 0.6 is 11.3 Å². The number of hydrogen-bond donors (Lipinski definition) is 1. The number of ether oxygens (including phenoxy) is 1. The lowest BCUT2D eigenvalue weighted by Gasteiger charge is -2.11. The Kier molecular flexibility index (Phi) is 4.75. The van der Waals surface area contributed by atoms with Crippen LogP contribution in [-0.2, 0) is 16.1 Å². The summed E-state index contributed by atoms with van der Waals surface area (Å²) in [4.78, 5) is 33.5. The molecule has 0 saturated heterocycles. The number of aromatic nitrogens is 4. The molecular weight excluding hydrogens is 342 g/mol. The summed E-state index contributed by atoms with van der Waals surface area (Å²) in [6.45, 7) is 5.57. The molecule has 3 aromatic heterocycles. The highest BCUT2D eigenvalue weighted by atomic mass is 32.1. The van der Waals surface area contributed by atoms with Crippen LogP contribution in [0.15, 0.2) is 23.6 Å². The molecule has 0 radical (unpaired) electrons. The van der Waals surface area contributed by atoms with Gasteiger partial charge in [0.1, 0.15) is 0 Å². The number of rotatable bonds is 5. The molecule has 0 aliphatic rings. The number of nitrogens with one attached hydrogen (secondary N) is 1. The molecule has 0 unspecified atom stereocenters. The topological polar surface area (TPSA) is 98.5 Å². The molecule has 3 rings (SSSR count). The third kappa shape index (κ3) is 3.82. The van der Waals surface area contributed by atoms with Crippen LogP contribution in [0.3, 0.4) is 0 Å². The molecule has 1 amide bonds. The summed E-state index contributed by atoms with van der Waals surface area (Å²) < 4.78 is 6.62. The largest absolute Gasteiger partial charge is 0.447 e. The van der Waals surface area contributed by atoms with Gasteiger partial charge in [-0.25, -0.2) is 14.3 Å². The van der Waals surface area contributed by atoms with Gasteiger partial charge in [-0.3, -0.25) is 4.79 Å². The van der Waals surface area contributed by atoms with E-state index in [1.165, 1.54) is 11.4 Å². The van der Waals surface area contributed by atoms with Crippen LogP contribution in [0, 0.1) is 13.8 Å². The number of hydrogen-bond acceptors (Lipinski definition) is 7. The molecule has 0 bridgehead atoms. The molecule has 0 spiro atoms. The SMILES string of the molecule is Cc1cc(C)n2nc(C(=O)O[C@H](C)C(=O)NCc3cccs3)nc2n1. The van der Waals surface area contributed by atoms with Crippen molar-refractivity contribution >= 4 is 29.0 Å². The number of thiophene rings is 1. The maximum absolute atomic E-state index is 12.2. The van der Waals surface area contributed by atoms with Crippen molar-refractivity contribution in [2.75, 3.05) is 0 Å². The average molecular weight is 359 g/mol. The fourth-order valence-corrected chi connectivity index (χ4v) is 2.90. The second-order valence-electron chi connectivity index (χ2n) is 5.53. The van der Waals surface area contributed by atoms with Crippen molar-refractivity contribution in [3.8, 4) is 0 Å². The fourth-order valence-electron chi connectivity index (χ4n) is 2.25. The molecule has 0 aliphatic carbocycles. The Balaban J connectivity index is 1.65. The molecule has 1 N–H and O–H groups in total. The average Bonchev–Trinajstić information content (AvgIpc) is 3.21. The van der Waals surface area contributed by atoms with E-state index in [9.17, 15) is 9.59 Å². The van der Waals surface area contributed by atoms with E-state index in [1.54, 1.807) is 11.3 Å². The van der Waals surface area contributed by atoms with Crippen LogP contribution in [0.4, 0.5) is 0 Å². The van der Waals surface area contributed by atoms with Gasteiger partial charge in [-0.2, -0.15) is 4.98 Å². The number of aryl methyl sites for hydroxylation is 2. The molecule has 0 saturated carbocycles. The summed E-state index contributed by atoms with van der Waals surface area (Å²) in [5.41, 5.74) is 1.58. The van der Waals surface area contributed by atoms with Gasteiger partial charge in [-0.15, -0.1) is 16.4 Å². The van der Waals surface area contributed by atoms with Gasteiger partial charge >= 0.3 is 5.97 Å². The Bertz CT molecular complexity index is 919. The first-order valence-corrected chi connectivity index (χ1v) is 8.54. The minimum Gasteiger partial charge on any atom is -0.447 e. The summed E-state index contributed by atoms with van der Waals surface area (Å²) in [5.74, 6) is -0.949. The lowest BCUT2D eigenvalue weighted by Crippen LogP contribution is -2.35. The molecule has 130 valence electrons. The Labute approximate surface area is 147 Å². The van der Waals surface area contributed by atoms with E-state index in [1.807, 2.05) is 37.4 Å². The minimum absolute atomic E-state index is 0.126. The second kappa shape index (κ2) is 6.98. The number of carbonyl (C=O) groups excluding carboxylic acids is 2. The van der Waals surface area contributed by atoms with Gasteiger partial charge in [0.15, 0.2) is 6.10 Å². The van der Waals surface area contributed by atoms with E-state index in [-0.39, 0.29) is 11.7 Å². The number of nitrogens with zero attached hydrogens (tertiary/aromatic N) is 4. The van der Waals surface area contributed by atoms with E-state index in [0.717, 1.165) is 16.3 Å². The third-order valence-electron chi connectivity index (χ3n) is 3.47. The van der Waals surface area contributed by atoms with Crippen LogP contribution in [0.1, 0.15) is 33.8 Å². The van der Waals surface area contributed by atoms with E-state index < -0.39 is 12.1 Å². The highest BCUT2D eigenvalue weighted by Crippen LogP contribution is 2.09. The zero-order valence-corrected chi connectivity index (χ0v) is 14.8. The predicted molar refractivity (Wildman–Crippen MR) is 91.3 cm³/mol. The summed E-state index contributed by atoms with van der Waals surface area (Å²) in [5, 5.41) is 8.74. The van der Waals surface area contributed by atoms with Crippen LogP contribution < -0.4 is 5.32 Å². The number of carbonyl (C=O) groups is 2. The van der Waals surface area contributed by atoms with Crippen molar-refractivity contribution in [2.45, 2.75) is 33.4 Å². The van der Waals surface area contributed by atoms with Crippen LogP contribution in [0.25, 0.3) is 5.78 Å². The standard InChI is InChI=1S/C16H17N5O3S/c1-9-7-10(2)21-16(18-9)19-13(20-21)15(23)24-11(3)14(22)17-8-12-5-4-6-25-12/h4-7,11H,8H2,1-3H3,(H,17,22)/t11-/m1/s1. The lowest BCUT2D eigenvalue weighted by molar-refractivity contribution is -0.129. The van der Waals surface area contributed by atoms with Crippen molar-refractivity contribution in [2.24, 2.45) is 0 Å². The Hall–Kier alpha value is -2.81. The van der Waals surface area contributed by atoms with Gasteiger partial charge in [0, 0.05) is 16.3 Å². The van der Waals surface area contributed by atoms with Gasteiger partial charge in [0.25, 0.3) is 17.5 Å². The zero-order chi connectivity index (χ0) is 18.0. The highest BCUT2D eigenvalue weighted by molar-refractivity contribution is 7.09. The molecule has 3 aromatic rings. The van der Waals surface area contributed by atoms with E-state index >= 15 is 0 Å². The van der Waals surface area contributed by atoms with E-state index in [2.05, 4.69) is 20.4 Å². The molecule has 1 atom stereocenters. The van der Waals surface area contributed by atoms with Gasteiger partial charge in [-0.05, 0) is 38.3 Å². The van der Waals surface area contributed by atoms with Gasteiger partial charge in [0.05, 0.1) is 6.54 Å². The summed E-state index contributed by atoms with van der Waals surface area (Å²) >= 11 is 1.54. The Morgan fingerprint density at radius 3 is 2.88 bits per heavy atom. The summed E-state index contributed by atoms with van der Waals surface area (Å²) in [6, 6.07) is 5.65. The van der Waals surface area contributed by atoms with Crippen molar-refractivity contribution in [1.29, 1.82) is 0 Å². The van der Waals surface area contributed by atoms with Crippen LogP contribution in [0.5, 0.6) is 0 Å². The van der Waals surface area contributed by atoms with Gasteiger partial charge < -0.3 is 10.1 Å². The van der Waals surface area contributed by atoms with Gasteiger partial charge in [0.2, 0.25) is 0 Å². The van der Waals surface area contributed by atoms with Crippen molar-refractivity contribution in [3.63, 3.8) is 0 Å². The molecule has 3 heterocycles. The number of fused-ring (bicyclic) bond motifs is 1. The Morgan fingerprint density at radius 1 is 1.36 bits per heavy atom. The molecule has 0 aromatic carbocycles. The molecule has 8 nitrogen and oxygen atoms in total. The zero-order valence-electron chi connectivity index (χ0n) is 14.0. The van der Waals surface area contributed by atoms with Crippen LogP contribution in [0.2, 0.25) is 0 Å². The first kappa shape index (κ1) is 17.0. The van der Waals surface area contributed by atoms with Crippen molar-refractivity contribution < 1.29 is 14.3 Å². The number of amides is 1. The quantitative estimate of drug-likeness (QED) is 0.696. The monoisotopic (exact) mass is 359 g/mol. The maximum atomic E-state index is 12.2. The Morgan fingerprint density at radius 2 is 2.16 bits per heavy atom. The molecule has 0 fully saturated rings. The van der Waals surface area contributed by atoms with E-state index in [0.29, 0.717) is 12.3 Å². The molecule has 0 aliphatic heterocycles. The normalized spacial score (nSPS) is 12.1.